The number of hydrogen-bond donors (Lipinski definition) is 3. The van der Waals surface area contributed by atoms with Crippen molar-refractivity contribution in [3.63, 3.8) is 0 Å². The summed E-state index contributed by atoms with van der Waals surface area (Å²) in [6.07, 6.45) is 11.1. The van der Waals surface area contributed by atoms with Crippen LogP contribution in [0.2, 0.25) is 0 Å². The predicted molar refractivity (Wildman–Crippen MR) is 82.2 cm³/mol. The lowest BCUT2D eigenvalue weighted by atomic mass is 10.00. The zero-order chi connectivity index (χ0) is 14.8. The van der Waals surface area contributed by atoms with Crippen molar-refractivity contribution in [3.8, 4) is 0 Å². The molecule has 0 bridgehead atoms. The lowest BCUT2D eigenvalue weighted by Gasteiger charge is -2.39. The van der Waals surface area contributed by atoms with Crippen molar-refractivity contribution in [1.82, 2.24) is 10.2 Å². The normalized spacial score (nSPS) is 18.5. The van der Waals surface area contributed by atoms with Crippen LogP contribution in [0.4, 0.5) is 0 Å². The maximum atomic E-state index is 10.2. The van der Waals surface area contributed by atoms with Gasteiger partial charge in [-0.1, -0.05) is 13.3 Å². The van der Waals surface area contributed by atoms with Gasteiger partial charge >= 0.3 is 0 Å². The van der Waals surface area contributed by atoms with Gasteiger partial charge in [-0.2, -0.15) is 0 Å². The average Bonchev–Trinajstić information content (AvgIpc) is 2.39. The summed E-state index contributed by atoms with van der Waals surface area (Å²) in [5.74, 6) is 0. The van der Waals surface area contributed by atoms with Crippen molar-refractivity contribution in [3.05, 3.63) is 47.2 Å². The number of unbranched alkanes of at least 4 members (excludes halogenated alkanes) is 1. The third-order valence-electron chi connectivity index (χ3n) is 3.41. The molecule has 0 fully saturated rings. The molecule has 20 heavy (non-hydrogen) atoms. The van der Waals surface area contributed by atoms with Crippen molar-refractivity contribution >= 4 is 0 Å². The largest absolute Gasteiger partial charge is 0.397 e. The van der Waals surface area contributed by atoms with Crippen molar-refractivity contribution in [2.75, 3.05) is 6.54 Å². The fourth-order valence-electron chi connectivity index (χ4n) is 2.51. The molecule has 0 saturated heterocycles. The smallest absolute Gasteiger partial charge is 0.0855 e. The van der Waals surface area contributed by atoms with E-state index in [0.717, 1.165) is 36.4 Å². The number of allylic oxidation sites excluding steroid dienone is 4. The molecule has 4 heteroatoms. The predicted octanol–water partition coefficient (Wildman–Crippen LogP) is 2.32. The van der Waals surface area contributed by atoms with Crippen molar-refractivity contribution in [2.45, 2.75) is 45.6 Å². The van der Waals surface area contributed by atoms with Crippen LogP contribution < -0.4 is 11.1 Å². The highest BCUT2D eigenvalue weighted by molar-refractivity contribution is 5.48. The van der Waals surface area contributed by atoms with E-state index in [1.807, 2.05) is 38.3 Å². The van der Waals surface area contributed by atoms with Crippen LogP contribution in [0.15, 0.2) is 47.2 Å². The highest BCUT2D eigenvalue weighted by Gasteiger charge is 2.28. The first kappa shape index (κ1) is 14.7. The van der Waals surface area contributed by atoms with E-state index in [1.165, 1.54) is 5.70 Å². The van der Waals surface area contributed by atoms with Crippen LogP contribution in [-0.2, 0) is 0 Å². The lowest BCUT2D eigenvalue weighted by molar-refractivity contribution is 0.0545. The zero-order valence-electron chi connectivity index (χ0n) is 12.6. The molecule has 4 nitrogen and oxygen atoms in total. The van der Waals surface area contributed by atoms with Crippen LogP contribution in [0, 0.1) is 0 Å². The second kappa shape index (κ2) is 5.75. The Kier molecular flexibility index (Phi) is 4.23. The van der Waals surface area contributed by atoms with E-state index in [-0.39, 0.29) is 0 Å². The van der Waals surface area contributed by atoms with E-state index < -0.39 is 5.60 Å². The number of nitrogens with zero attached hydrogens (tertiary/aromatic N) is 1. The van der Waals surface area contributed by atoms with Gasteiger partial charge < -0.3 is 21.1 Å². The Morgan fingerprint density at radius 1 is 1.40 bits per heavy atom. The van der Waals surface area contributed by atoms with Gasteiger partial charge in [0.15, 0.2) is 0 Å². The minimum Gasteiger partial charge on any atom is -0.397 e. The number of dihydropyridines is 1. The van der Waals surface area contributed by atoms with Gasteiger partial charge in [0.1, 0.15) is 0 Å². The molecular weight excluding hydrogens is 250 g/mol. The Balaban J connectivity index is 2.34. The van der Waals surface area contributed by atoms with E-state index in [0.29, 0.717) is 6.54 Å². The molecular formula is C16H25N3O. The van der Waals surface area contributed by atoms with Gasteiger partial charge in [-0.15, -0.1) is 0 Å². The second-order valence-electron chi connectivity index (χ2n) is 6.02. The number of rotatable bonds is 5. The van der Waals surface area contributed by atoms with Gasteiger partial charge in [0, 0.05) is 11.9 Å². The Bertz CT molecular complexity index is 492. The summed E-state index contributed by atoms with van der Waals surface area (Å²) in [6.45, 7) is 6.40. The van der Waals surface area contributed by atoms with E-state index in [2.05, 4.69) is 17.1 Å². The molecule has 0 amide bonds. The lowest BCUT2D eigenvalue weighted by Crippen LogP contribution is -2.41. The number of aliphatic hydroxyl groups is 1. The SMILES string of the molecule is CCCCC1=CC(N)=C2NC=CC=C2N1CC(C)(C)O. The van der Waals surface area contributed by atoms with Crippen LogP contribution >= 0.6 is 0 Å². The maximum Gasteiger partial charge on any atom is 0.0855 e. The molecule has 4 N–H and O–H groups in total. The molecule has 0 radical (unpaired) electrons. The quantitative estimate of drug-likeness (QED) is 0.720. The van der Waals surface area contributed by atoms with Crippen LogP contribution in [-0.4, -0.2) is 22.2 Å². The van der Waals surface area contributed by atoms with Gasteiger partial charge in [-0.3, -0.25) is 0 Å². The summed E-state index contributed by atoms with van der Waals surface area (Å²) >= 11 is 0. The number of β-amino-alcohol motifs (C(OH)–C–C–N with tert-alkyl or cyclic N) is 1. The Labute approximate surface area is 121 Å². The van der Waals surface area contributed by atoms with Crippen LogP contribution in [0.5, 0.6) is 0 Å². The van der Waals surface area contributed by atoms with Crippen LogP contribution in [0.25, 0.3) is 0 Å². The first-order valence-corrected chi connectivity index (χ1v) is 7.26. The summed E-state index contributed by atoms with van der Waals surface area (Å²) in [5.41, 5.74) is 9.31. The highest BCUT2D eigenvalue weighted by Crippen LogP contribution is 2.32. The molecule has 2 aliphatic heterocycles. The number of fused-ring (bicyclic) bond motifs is 1. The molecule has 110 valence electrons. The minimum absolute atomic E-state index is 0.556. The molecule has 0 spiro atoms. The molecule has 2 rings (SSSR count). The topological polar surface area (TPSA) is 61.5 Å². The van der Waals surface area contributed by atoms with E-state index >= 15 is 0 Å². The third-order valence-corrected chi connectivity index (χ3v) is 3.41. The molecule has 2 aliphatic rings. The van der Waals surface area contributed by atoms with E-state index in [1.54, 1.807) is 0 Å². The van der Waals surface area contributed by atoms with E-state index in [4.69, 9.17) is 5.73 Å². The van der Waals surface area contributed by atoms with Gasteiger partial charge in [0.25, 0.3) is 0 Å². The molecule has 0 saturated carbocycles. The first-order valence-electron chi connectivity index (χ1n) is 7.26. The summed E-state index contributed by atoms with van der Waals surface area (Å²) in [6, 6.07) is 0. The van der Waals surface area contributed by atoms with Gasteiger partial charge in [0.2, 0.25) is 0 Å². The second-order valence-corrected chi connectivity index (χ2v) is 6.02. The molecule has 0 aromatic carbocycles. The minimum atomic E-state index is -0.759. The maximum absolute atomic E-state index is 10.2. The Morgan fingerprint density at radius 2 is 2.15 bits per heavy atom. The average molecular weight is 275 g/mol. The molecule has 0 aliphatic carbocycles. The van der Waals surface area contributed by atoms with E-state index in [9.17, 15) is 5.11 Å². The van der Waals surface area contributed by atoms with Crippen molar-refractivity contribution in [2.24, 2.45) is 5.73 Å². The number of nitrogens with one attached hydrogen (secondary N) is 1. The van der Waals surface area contributed by atoms with Crippen molar-refractivity contribution in [1.29, 1.82) is 0 Å². The molecule has 0 aromatic rings. The number of nitrogens with two attached hydrogens (primary N) is 1. The zero-order valence-corrected chi connectivity index (χ0v) is 12.6. The van der Waals surface area contributed by atoms with Crippen LogP contribution in [0.3, 0.4) is 0 Å². The summed E-state index contributed by atoms with van der Waals surface area (Å²) in [5, 5.41) is 13.4. The summed E-state index contributed by atoms with van der Waals surface area (Å²) < 4.78 is 0. The molecule has 2 heterocycles. The van der Waals surface area contributed by atoms with Gasteiger partial charge in [-0.25, -0.2) is 0 Å². The summed E-state index contributed by atoms with van der Waals surface area (Å²) in [4.78, 5) is 2.18. The molecule has 0 aromatic heterocycles. The third kappa shape index (κ3) is 3.25. The van der Waals surface area contributed by atoms with Gasteiger partial charge in [-0.05, 0) is 44.9 Å². The van der Waals surface area contributed by atoms with Crippen LogP contribution in [0.1, 0.15) is 40.0 Å². The fourth-order valence-corrected chi connectivity index (χ4v) is 2.51. The standard InChI is InChI=1S/C16H25N3O/c1-4-5-7-12-10-13(17)15-14(8-6-9-18-15)19(12)11-16(2,3)20/h6,8-10,18,20H,4-5,7,11,17H2,1-3H3. The number of hydrogen-bond acceptors (Lipinski definition) is 4. The Hall–Kier alpha value is -1.68. The first-order chi connectivity index (χ1) is 9.42. The molecule has 0 atom stereocenters. The monoisotopic (exact) mass is 275 g/mol. The highest BCUT2D eigenvalue weighted by atomic mass is 16.3. The van der Waals surface area contributed by atoms with Crippen molar-refractivity contribution < 1.29 is 5.11 Å². The fraction of sp³-hybridized carbons (Fsp3) is 0.500. The molecule has 0 unspecified atom stereocenters. The Morgan fingerprint density at radius 3 is 2.80 bits per heavy atom. The van der Waals surface area contributed by atoms with Gasteiger partial charge in [0.05, 0.1) is 29.2 Å². The summed E-state index contributed by atoms with van der Waals surface area (Å²) in [7, 11) is 0.